The number of carbonyl (C=O) groups excluding carboxylic acids is 1. The van der Waals surface area contributed by atoms with Crippen LogP contribution >= 0.6 is 0 Å². The maximum absolute atomic E-state index is 12.4. The van der Waals surface area contributed by atoms with E-state index < -0.39 is 0 Å². The van der Waals surface area contributed by atoms with Crippen LogP contribution in [0.5, 0.6) is 0 Å². The number of amides is 2. The van der Waals surface area contributed by atoms with Crippen molar-refractivity contribution in [3.63, 3.8) is 0 Å². The first kappa shape index (κ1) is 21.0. The van der Waals surface area contributed by atoms with Crippen molar-refractivity contribution in [2.24, 2.45) is 0 Å². The van der Waals surface area contributed by atoms with E-state index in [9.17, 15) is 4.79 Å². The summed E-state index contributed by atoms with van der Waals surface area (Å²) in [4.78, 5) is 19.9. The number of nitrogens with zero attached hydrogens (tertiary/aromatic N) is 4. The van der Waals surface area contributed by atoms with Crippen molar-refractivity contribution in [2.75, 3.05) is 10.6 Å². The van der Waals surface area contributed by atoms with Gasteiger partial charge in [-0.15, -0.1) is 0 Å². The molecular formula is C26H21N7O. The number of fused-ring (bicyclic) bond motifs is 1. The molecule has 3 N–H and O–H groups in total. The van der Waals surface area contributed by atoms with E-state index in [-0.39, 0.29) is 6.03 Å². The number of aromatic nitrogens is 4. The molecule has 0 saturated heterocycles. The molecule has 0 aliphatic carbocycles. The summed E-state index contributed by atoms with van der Waals surface area (Å²) in [7, 11) is 0. The fraction of sp³-hybridized carbons (Fsp3) is 0.0769. The van der Waals surface area contributed by atoms with Crippen molar-refractivity contribution in [3.8, 4) is 28.5 Å². The van der Waals surface area contributed by atoms with E-state index in [1.807, 2.05) is 53.5 Å². The lowest BCUT2D eigenvalue weighted by atomic mass is 10.0. The maximum Gasteiger partial charge on any atom is 0.323 e. The van der Waals surface area contributed by atoms with Gasteiger partial charge >= 0.3 is 6.03 Å². The highest BCUT2D eigenvalue weighted by molar-refractivity contribution is 6.00. The molecule has 5 aromatic rings. The number of hydrogen-bond donors (Lipinski definition) is 3. The molecule has 3 heterocycles. The van der Waals surface area contributed by atoms with Gasteiger partial charge in [-0.1, -0.05) is 12.1 Å². The molecule has 0 unspecified atom stereocenters. The number of rotatable bonds is 5. The predicted molar refractivity (Wildman–Crippen MR) is 132 cm³/mol. The van der Waals surface area contributed by atoms with E-state index in [4.69, 9.17) is 10.4 Å². The summed E-state index contributed by atoms with van der Waals surface area (Å²) in [6.45, 7) is 2.81. The highest BCUT2D eigenvalue weighted by Gasteiger charge is 2.16. The van der Waals surface area contributed by atoms with Gasteiger partial charge in [0.2, 0.25) is 0 Å². The number of nitriles is 1. The number of aryl methyl sites for hydroxylation is 1. The minimum absolute atomic E-state index is 0.361. The van der Waals surface area contributed by atoms with E-state index in [0.29, 0.717) is 16.9 Å². The third-order valence-electron chi connectivity index (χ3n) is 5.52. The number of anilines is 2. The molecule has 0 saturated carbocycles. The van der Waals surface area contributed by atoms with Crippen LogP contribution in [-0.2, 0) is 6.54 Å². The zero-order valence-electron chi connectivity index (χ0n) is 18.4. The molecular weight excluding hydrogens is 426 g/mol. The monoisotopic (exact) mass is 447 g/mol. The quantitative estimate of drug-likeness (QED) is 0.324. The molecule has 34 heavy (non-hydrogen) atoms. The molecule has 3 aromatic heterocycles. The minimum atomic E-state index is -0.361. The van der Waals surface area contributed by atoms with E-state index in [0.717, 1.165) is 40.0 Å². The lowest BCUT2D eigenvalue weighted by molar-refractivity contribution is 0.262. The summed E-state index contributed by atoms with van der Waals surface area (Å²) in [6, 6.07) is 20.0. The Morgan fingerprint density at radius 2 is 1.71 bits per heavy atom. The standard InChI is InChI=1S/C26H21N7O/c1-2-33-16-23(21-11-13-28-25-22(21)12-14-29-25)24(32-33)18-5-9-20(10-6-18)31-26(34)30-19-7-3-17(15-27)4-8-19/h3-14,16H,2H2,1H3,(H,28,29)(H2,30,31,34). The zero-order valence-corrected chi connectivity index (χ0v) is 18.4. The van der Waals surface area contributed by atoms with E-state index in [2.05, 4.69) is 33.6 Å². The largest absolute Gasteiger partial charge is 0.346 e. The van der Waals surface area contributed by atoms with E-state index in [1.54, 1.807) is 30.5 Å². The Morgan fingerprint density at radius 3 is 2.38 bits per heavy atom. The molecule has 166 valence electrons. The molecule has 2 amide bonds. The molecule has 0 radical (unpaired) electrons. The Hall–Kier alpha value is -4.90. The van der Waals surface area contributed by atoms with Crippen LogP contribution in [0.15, 0.2) is 79.3 Å². The highest BCUT2D eigenvalue weighted by atomic mass is 16.2. The number of carbonyl (C=O) groups is 1. The first-order chi connectivity index (χ1) is 16.6. The number of pyridine rings is 1. The Morgan fingerprint density at radius 1 is 1.00 bits per heavy atom. The van der Waals surface area contributed by atoms with E-state index in [1.165, 1.54) is 0 Å². The average Bonchev–Trinajstić information content (AvgIpc) is 3.52. The predicted octanol–water partition coefficient (Wildman–Crippen LogP) is 5.63. The van der Waals surface area contributed by atoms with E-state index >= 15 is 0 Å². The molecule has 0 aliphatic rings. The second-order valence-corrected chi connectivity index (χ2v) is 7.69. The van der Waals surface area contributed by atoms with Gasteiger partial charge in [0.1, 0.15) is 11.3 Å². The van der Waals surface area contributed by atoms with Gasteiger partial charge in [0.25, 0.3) is 0 Å². The van der Waals surface area contributed by atoms with Crippen LogP contribution < -0.4 is 10.6 Å². The summed E-state index contributed by atoms with van der Waals surface area (Å²) in [5.41, 5.74) is 6.53. The highest BCUT2D eigenvalue weighted by Crippen LogP contribution is 2.35. The fourth-order valence-corrected chi connectivity index (χ4v) is 3.82. The SMILES string of the molecule is CCn1cc(-c2ccnc3[nH]ccc23)c(-c2ccc(NC(=O)Nc3ccc(C#N)cc3)cc2)n1. The van der Waals surface area contributed by atoms with Crippen molar-refractivity contribution >= 4 is 28.4 Å². The lowest BCUT2D eigenvalue weighted by Crippen LogP contribution is -2.19. The fourth-order valence-electron chi connectivity index (χ4n) is 3.82. The van der Waals surface area contributed by atoms with Gasteiger partial charge in [-0.2, -0.15) is 10.4 Å². The third-order valence-corrected chi connectivity index (χ3v) is 5.52. The molecule has 0 fully saturated rings. The van der Waals surface area contributed by atoms with Gasteiger partial charge < -0.3 is 15.6 Å². The summed E-state index contributed by atoms with van der Waals surface area (Å²) in [6.07, 6.45) is 5.73. The van der Waals surface area contributed by atoms with Crippen molar-refractivity contribution in [3.05, 3.63) is 84.8 Å². The summed E-state index contributed by atoms with van der Waals surface area (Å²) in [5.74, 6) is 0. The normalized spacial score (nSPS) is 10.7. The second-order valence-electron chi connectivity index (χ2n) is 7.69. The number of urea groups is 1. The Balaban J connectivity index is 1.38. The molecule has 2 aromatic carbocycles. The first-order valence-electron chi connectivity index (χ1n) is 10.8. The number of aromatic amines is 1. The summed E-state index contributed by atoms with van der Waals surface area (Å²) < 4.78 is 1.92. The summed E-state index contributed by atoms with van der Waals surface area (Å²) >= 11 is 0. The average molecular weight is 448 g/mol. The molecule has 5 rings (SSSR count). The van der Waals surface area contributed by atoms with Gasteiger partial charge in [-0.25, -0.2) is 9.78 Å². The zero-order chi connectivity index (χ0) is 23.5. The number of H-pyrrole nitrogens is 1. The Labute approximate surface area is 195 Å². The topological polar surface area (TPSA) is 111 Å². The molecule has 8 nitrogen and oxygen atoms in total. The van der Waals surface area contributed by atoms with Crippen molar-refractivity contribution in [1.82, 2.24) is 19.7 Å². The Bertz CT molecular complexity index is 1510. The molecule has 8 heteroatoms. The van der Waals surface area contributed by atoms with Crippen molar-refractivity contribution in [2.45, 2.75) is 13.5 Å². The van der Waals surface area contributed by atoms with Gasteiger partial charge in [0, 0.05) is 53.0 Å². The first-order valence-corrected chi connectivity index (χ1v) is 10.8. The van der Waals surface area contributed by atoms with Crippen LogP contribution in [0.3, 0.4) is 0 Å². The van der Waals surface area contributed by atoms with Crippen LogP contribution in [0.25, 0.3) is 33.4 Å². The number of nitrogens with one attached hydrogen (secondary N) is 3. The van der Waals surface area contributed by atoms with Crippen LogP contribution in [0, 0.1) is 11.3 Å². The van der Waals surface area contributed by atoms with Gasteiger partial charge in [-0.3, -0.25) is 4.68 Å². The maximum atomic E-state index is 12.4. The molecule has 0 aliphatic heterocycles. The van der Waals surface area contributed by atoms with Crippen molar-refractivity contribution in [1.29, 1.82) is 5.26 Å². The number of benzene rings is 2. The lowest BCUT2D eigenvalue weighted by Gasteiger charge is -2.09. The van der Waals surface area contributed by atoms with Crippen LogP contribution in [-0.4, -0.2) is 25.8 Å². The van der Waals surface area contributed by atoms with Gasteiger partial charge in [-0.05, 0) is 61.0 Å². The third kappa shape index (κ3) is 4.10. The minimum Gasteiger partial charge on any atom is -0.346 e. The van der Waals surface area contributed by atoms with Gasteiger partial charge in [0.05, 0.1) is 11.6 Å². The van der Waals surface area contributed by atoms with Gasteiger partial charge in [0.15, 0.2) is 0 Å². The molecule has 0 atom stereocenters. The van der Waals surface area contributed by atoms with Crippen LogP contribution in [0.2, 0.25) is 0 Å². The Kier molecular flexibility index (Phi) is 5.50. The molecule has 0 spiro atoms. The smallest absolute Gasteiger partial charge is 0.323 e. The molecule has 0 bridgehead atoms. The van der Waals surface area contributed by atoms with Crippen molar-refractivity contribution < 1.29 is 4.79 Å². The van der Waals surface area contributed by atoms with Crippen LogP contribution in [0.1, 0.15) is 12.5 Å². The number of hydrogen-bond acceptors (Lipinski definition) is 4. The summed E-state index contributed by atoms with van der Waals surface area (Å²) in [5, 5.41) is 20.3. The second kappa shape index (κ2) is 8.92. The van der Waals surface area contributed by atoms with Crippen LogP contribution in [0.4, 0.5) is 16.2 Å².